The lowest BCUT2D eigenvalue weighted by Crippen LogP contribution is -2.52. The molecule has 0 aliphatic carbocycles. The van der Waals surface area contributed by atoms with Crippen LogP contribution in [-0.2, 0) is 0 Å². The molecule has 1 aliphatic rings. The Morgan fingerprint density at radius 2 is 1.59 bits per heavy atom. The highest BCUT2D eigenvalue weighted by Gasteiger charge is 2.29. The fraction of sp³-hybridized carbons (Fsp3) is 0.478. The van der Waals surface area contributed by atoms with E-state index in [1.54, 1.807) is 7.11 Å². The third-order valence-corrected chi connectivity index (χ3v) is 5.30. The fourth-order valence-corrected chi connectivity index (χ4v) is 3.89. The van der Waals surface area contributed by atoms with Gasteiger partial charge in [-0.1, -0.05) is 63.2 Å². The van der Waals surface area contributed by atoms with E-state index in [0.29, 0.717) is 0 Å². The highest BCUT2D eigenvalue weighted by molar-refractivity contribution is 5.58. The molecule has 1 N–H and O–H groups in total. The Labute approximate surface area is 164 Å². The van der Waals surface area contributed by atoms with Crippen LogP contribution in [0.4, 0.5) is 5.69 Å². The normalized spacial score (nSPS) is 17.1. The zero-order chi connectivity index (χ0) is 18.4. The predicted octanol–water partition coefficient (Wildman–Crippen LogP) is 4.36. The van der Waals surface area contributed by atoms with Gasteiger partial charge < -0.3 is 14.7 Å². The first-order valence-electron chi connectivity index (χ1n) is 9.59. The lowest BCUT2D eigenvalue weighted by Gasteiger charge is -2.42. The molecule has 2 aromatic rings. The average Bonchev–Trinajstić information content (AvgIpc) is 2.72. The predicted molar refractivity (Wildman–Crippen MR) is 114 cm³/mol. The first-order valence-corrected chi connectivity index (χ1v) is 9.59. The quantitative estimate of drug-likeness (QED) is 0.786. The van der Waals surface area contributed by atoms with Gasteiger partial charge >= 0.3 is 0 Å². The summed E-state index contributed by atoms with van der Waals surface area (Å²) in [5.74, 6) is 0.926. The molecule has 0 spiro atoms. The van der Waals surface area contributed by atoms with Crippen molar-refractivity contribution in [3.63, 3.8) is 0 Å². The van der Waals surface area contributed by atoms with Crippen molar-refractivity contribution in [1.29, 1.82) is 0 Å². The molecule has 0 amide bonds. The molecule has 1 aliphatic heterocycles. The molecule has 0 bridgehead atoms. The summed E-state index contributed by atoms with van der Waals surface area (Å²) in [5.41, 5.74) is 2.17. The highest BCUT2D eigenvalue weighted by Crippen LogP contribution is 2.30. The van der Waals surface area contributed by atoms with Gasteiger partial charge in [0.25, 0.3) is 0 Å². The number of methoxy groups -OCH3 is 1. The number of aliphatic hydroxyl groups is 1. The van der Waals surface area contributed by atoms with Crippen LogP contribution in [0, 0.1) is 0 Å². The first kappa shape index (κ1) is 21.3. The number of hydrogen-bond donors (Lipinski definition) is 1. The molecular weight excluding hydrogens is 336 g/mol. The van der Waals surface area contributed by atoms with Crippen LogP contribution in [0.2, 0.25) is 0 Å². The summed E-state index contributed by atoms with van der Waals surface area (Å²) in [6.07, 6.45) is 1.64. The maximum atomic E-state index is 11.0. The second kappa shape index (κ2) is 10.3. The van der Waals surface area contributed by atoms with Gasteiger partial charge in [0.05, 0.1) is 18.9 Å². The Morgan fingerprint density at radius 3 is 2.22 bits per heavy atom. The van der Waals surface area contributed by atoms with Crippen molar-refractivity contribution >= 4 is 5.69 Å². The molecule has 2 unspecified atom stereocenters. The molecule has 1 saturated heterocycles. The van der Waals surface area contributed by atoms with Gasteiger partial charge in [-0.05, 0) is 24.1 Å². The molecule has 0 radical (unpaired) electrons. The molecule has 1 fully saturated rings. The van der Waals surface area contributed by atoms with E-state index in [1.807, 2.05) is 42.5 Å². The Morgan fingerprint density at radius 1 is 0.963 bits per heavy atom. The van der Waals surface area contributed by atoms with Gasteiger partial charge in [0.15, 0.2) is 0 Å². The number of rotatable bonds is 7. The van der Waals surface area contributed by atoms with E-state index in [1.165, 1.54) is 0 Å². The number of ether oxygens (including phenoxy) is 1. The number of aliphatic hydroxyl groups excluding tert-OH is 1. The minimum Gasteiger partial charge on any atom is -0.495 e. The van der Waals surface area contributed by atoms with E-state index in [4.69, 9.17) is 4.74 Å². The summed E-state index contributed by atoms with van der Waals surface area (Å²) >= 11 is 0. The molecule has 27 heavy (non-hydrogen) atoms. The molecule has 0 aromatic heterocycles. The zero-order valence-corrected chi connectivity index (χ0v) is 15.8. The molecule has 4 heteroatoms. The Hall–Kier alpha value is -2.04. The van der Waals surface area contributed by atoms with E-state index >= 15 is 0 Å². The molecule has 2 atom stereocenters. The Balaban J connectivity index is 0.00000261. The third-order valence-electron chi connectivity index (χ3n) is 5.30. The Bertz CT molecular complexity index is 669. The second-order valence-corrected chi connectivity index (χ2v) is 6.91. The van der Waals surface area contributed by atoms with Gasteiger partial charge in [-0.2, -0.15) is 0 Å². The topological polar surface area (TPSA) is 35.9 Å². The molecule has 2 aromatic carbocycles. The number of para-hydroxylation sites is 2. The number of anilines is 1. The van der Waals surface area contributed by atoms with Crippen molar-refractivity contribution in [3.8, 4) is 5.75 Å². The summed E-state index contributed by atoms with van der Waals surface area (Å²) < 4.78 is 5.51. The smallest absolute Gasteiger partial charge is 0.142 e. The summed E-state index contributed by atoms with van der Waals surface area (Å²) in [6, 6.07) is 18.4. The Kier molecular flexibility index (Phi) is 8.14. The number of hydrogen-bond acceptors (Lipinski definition) is 4. The van der Waals surface area contributed by atoms with Crippen molar-refractivity contribution in [3.05, 3.63) is 60.2 Å². The molecule has 3 rings (SSSR count). The van der Waals surface area contributed by atoms with E-state index < -0.39 is 6.10 Å². The molecule has 1 heterocycles. The summed E-state index contributed by atoms with van der Waals surface area (Å²) in [6.45, 7) is 5.99. The van der Waals surface area contributed by atoms with Gasteiger partial charge in [0, 0.05) is 32.2 Å². The highest BCUT2D eigenvalue weighted by atomic mass is 16.5. The van der Waals surface area contributed by atoms with Crippen molar-refractivity contribution in [2.24, 2.45) is 0 Å². The van der Waals surface area contributed by atoms with Gasteiger partial charge in [-0.3, -0.25) is 4.90 Å². The average molecular weight is 371 g/mol. The molecular formula is C23H34N2O2. The van der Waals surface area contributed by atoms with Crippen LogP contribution in [0.5, 0.6) is 5.75 Å². The number of piperazine rings is 1. The van der Waals surface area contributed by atoms with Crippen LogP contribution in [-0.4, -0.2) is 49.3 Å². The van der Waals surface area contributed by atoms with Gasteiger partial charge in [0.1, 0.15) is 5.75 Å². The van der Waals surface area contributed by atoms with Crippen molar-refractivity contribution in [2.45, 2.75) is 39.3 Å². The SMILES string of the molecule is C.CCCC(C(O)c1ccccc1)N1CCN(c2ccccc2OC)CC1. The van der Waals surface area contributed by atoms with E-state index in [0.717, 1.165) is 56.0 Å². The molecule has 0 saturated carbocycles. The van der Waals surface area contributed by atoms with E-state index in [2.05, 4.69) is 28.9 Å². The minimum absolute atomic E-state index is 0. The lowest BCUT2D eigenvalue weighted by molar-refractivity contribution is 0.0393. The van der Waals surface area contributed by atoms with Crippen molar-refractivity contribution in [1.82, 2.24) is 4.90 Å². The first-order chi connectivity index (χ1) is 12.7. The number of nitrogens with zero attached hydrogens (tertiary/aromatic N) is 2. The van der Waals surface area contributed by atoms with Crippen molar-refractivity contribution < 1.29 is 9.84 Å². The van der Waals surface area contributed by atoms with Crippen LogP contribution < -0.4 is 9.64 Å². The number of benzene rings is 2. The monoisotopic (exact) mass is 370 g/mol. The van der Waals surface area contributed by atoms with Crippen LogP contribution >= 0.6 is 0 Å². The maximum absolute atomic E-state index is 11.0. The van der Waals surface area contributed by atoms with Crippen LogP contribution in [0.15, 0.2) is 54.6 Å². The standard InChI is InChI=1S/C22H30N2O2.CH4/c1-3-9-20(22(25)18-10-5-4-6-11-18)24-16-14-23(15-17-24)19-12-7-8-13-21(19)26-2;/h4-8,10-13,20,22,25H,3,9,14-17H2,1-2H3;1H4. The second-order valence-electron chi connectivity index (χ2n) is 6.91. The van der Waals surface area contributed by atoms with Gasteiger partial charge in [0.2, 0.25) is 0 Å². The molecule has 148 valence electrons. The summed E-state index contributed by atoms with van der Waals surface area (Å²) in [4.78, 5) is 4.83. The van der Waals surface area contributed by atoms with E-state index in [9.17, 15) is 5.11 Å². The van der Waals surface area contributed by atoms with Crippen LogP contribution in [0.1, 0.15) is 38.9 Å². The van der Waals surface area contributed by atoms with Gasteiger partial charge in [-0.15, -0.1) is 0 Å². The zero-order valence-electron chi connectivity index (χ0n) is 15.8. The lowest BCUT2D eigenvalue weighted by atomic mass is 9.96. The largest absolute Gasteiger partial charge is 0.495 e. The minimum atomic E-state index is -0.436. The summed E-state index contributed by atoms with van der Waals surface area (Å²) in [7, 11) is 1.72. The van der Waals surface area contributed by atoms with E-state index in [-0.39, 0.29) is 13.5 Å². The third kappa shape index (κ3) is 5.02. The maximum Gasteiger partial charge on any atom is 0.142 e. The fourth-order valence-electron chi connectivity index (χ4n) is 3.89. The molecule has 4 nitrogen and oxygen atoms in total. The summed E-state index contributed by atoms with van der Waals surface area (Å²) in [5, 5.41) is 11.0. The van der Waals surface area contributed by atoms with Crippen LogP contribution in [0.25, 0.3) is 0 Å². The van der Waals surface area contributed by atoms with Gasteiger partial charge in [-0.25, -0.2) is 0 Å². The van der Waals surface area contributed by atoms with Crippen molar-refractivity contribution in [2.75, 3.05) is 38.2 Å². The van der Waals surface area contributed by atoms with Crippen LogP contribution in [0.3, 0.4) is 0 Å².